The first-order valence-corrected chi connectivity index (χ1v) is 8.74. The first kappa shape index (κ1) is 16.4. The Kier molecular flexibility index (Phi) is 4.43. The predicted octanol–water partition coefficient (Wildman–Crippen LogP) is 3.94. The number of allylic oxidation sites excluding steroid dienone is 2. The lowest BCUT2D eigenvalue weighted by molar-refractivity contribution is 0.159. The van der Waals surface area contributed by atoms with Gasteiger partial charge in [0.1, 0.15) is 5.65 Å². The number of nitrogens with zero attached hydrogens (tertiary/aromatic N) is 3. The van der Waals surface area contributed by atoms with Crippen LogP contribution in [0.2, 0.25) is 0 Å². The highest BCUT2D eigenvalue weighted by molar-refractivity contribution is 5.90. The zero-order valence-corrected chi connectivity index (χ0v) is 14.7. The summed E-state index contributed by atoms with van der Waals surface area (Å²) in [5.41, 5.74) is 1.69. The molecular weight excluding hydrogens is 332 g/mol. The van der Waals surface area contributed by atoms with Crippen molar-refractivity contribution in [2.24, 2.45) is 0 Å². The molecule has 1 aliphatic carbocycles. The van der Waals surface area contributed by atoms with Crippen molar-refractivity contribution in [3.05, 3.63) is 54.1 Å². The van der Waals surface area contributed by atoms with Gasteiger partial charge in [0.05, 0.1) is 19.1 Å². The van der Waals surface area contributed by atoms with Crippen LogP contribution < -0.4 is 0 Å². The number of pyridine rings is 1. The molecule has 1 N–H and O–H groups in total. The fourth-order valence-electron chi connectivity index (χ4n) is 3.05. The number of hydrogen-bond acceptors (Lipinski definition) is 6. The Bertz CT molecular complexity index is 970. The van der Waals surface area contributed by atoms with Gasteiger partial charge < -0.3 is 19.0 Å². The normalized spacial score (nSPS) is 17.1. The van der Waals surface area contributed by atoms with Crippen LogP contribution in [0, 0.1) is 0 Å². The average molecular weight is 352 g/mol. The van der Waals surface area contributed by atoms with E-state index < -0.39 is 0 Å². The van der Waals surface area contributed by atoms with Crippen LogP contribution in [0.25, 0.3) is 22.4 Å². The molecule has 1 unspecified atom stereocenters. The van der Waals surface area contributed by atoms with Gasteiger partial charge in [-0.05, 0) is 44.6 Å². The summed E-state index contributed by atoms with van der Waals surface area (Å²) in [4.78, 5) is 12.0. The van der Waals surface area contributed by atoms with Crippen molar-refractivity contribution in [3.63, 3.8) is 0 Å². The fourth-order valence-corrected chi connectivity index (χ4v) is 3.05. The molecule has 0 fully saturated rings. The molecule has 26 heavy (non-hydrogen) atoms. The number of nitrogens with one attached hydrogen (secondary N) is 1. The van der Waals surface area contributed by atoms with Crippen LogP contribution in [-0.4, -0.2) is 33.3 Å². The number of aromatic nitrogens is 4. The summed E-state index contributed by atoms with van der Waals surface area (Å²) in [7, 11) is 0. The lowest BCUT2D eigenvalue weighted by atomic mass is 9.99. The molecule has 0 saturated carbocycles. The minimum Gasteiger partial charge on any atom is -0.490 e. The Morgan fingerprint density at radius 1 is 1.19 bits per heavy atom. The van der Waals surface area contributed by atoms with Crippen molar-refractivity contribution in [2.75, 3.05) is 13.2 Å². The van der Waals surface area contributed by atoms with Crippen molar-refractivity contribution in [1.82, 2.24) is 20.1 Å². The Morgan fingerprint density at radius 2 is 2.04 bits per heavy atom. The van der Waals surface area contributed by atoms with Crippen molar-refractivity contribution < 1.29 is 14.0 Å². The average Bonchev–Trinajstić information content (AvgIpc) is 3.33. The molecule has 0 spiro atoms. The highest BCUT2D eigenvalue weighted by atomic mass is 16.5. The Balaban J connectivity index is 1.63. The van der Waals surface area contributed by atoms with Gasteiger partial charge in [0, 0.05) is 23.3 Å². The van der Waals surface area contributed by atoms with E-state index in [-0.39, 0.29) is 5.92 Å². The van der Waals surface area contributed by atoms with Crippen LogP contribution in [0.1, 0.15) is 32.1 Å². The third-order valence-corrected chi connectivity index (χ3v) is 4.21. The van der Waals surface area contributed by atoms with Crippen LogP contribution in [-0.2, 0) is 9.47 Å². The van der Waals surface area contributed by atoms with Gasteiger partial charge in [-0.15, -0.1) is 0 Å². The Morgan fingerprint density at radius 3 is 2.88 bits per heavy atom. The van der Waals surface area contributed by atoms with Gasteiger partial charge in [-0.3, -0.25) is 0 Å². The van der Waals surface area contributed by atoms with Gasteiger partial charge in [0.2, 0.25) is 11.7 Å². The van der Waals surface area contributed by atoms with Gasteiger partial charge in [0.25, 0.3) is 0 Å². The molecule has 0 aromatic carbocycles. The highest BCUT2D eigenvalue weighted by Crippen LogP contribution is 2.32. The molecule has 3 aromatic heterocycles. The molecular formula is C19H20N4O3. The lowest BCUT2D eigenvalue weighted by Crippen LogP contribution is -2.09. The number of aromatic amines is 1. The number of ether oxygens (including phenoxy) is 2. The second-order valence-corrected chi connectivity index (χ2v) is 5.86. The van der Waals surface area contributed by atoms with Crippen LogP contribution in [0.4, 0.5) is 0 Å². The third kappa shape index (κ3) is 2.96. The smallest absolute Gasteiger partial charge is 0.234 e. The maximum absolute atomic E-state index is 5.70. The zero-order chi connectivity index (χ0) is 17.9. The molecule has 0 aliphatic heterocycles. The van der Waals surface area contributed by atoms with E-state index in [9.17, 15) is 0 Å². The minimum absolute atomic E-state index is 0.0365. The SMILES string of the molecule is CCOC1=CCC(c2nc(-c3ccnc4[nH]ccc34)no2)C=C1OCC. The second-order valence-electron chi connectivity index (χ2n) is 5.86. The van der Waals surface area contributed by atoms with E-state index in [0.29, 0.717) is 24.9 Å². The lowest BCUT2D eigenvalue weighted by Gasteiger charge is -2.19. The number of fused-ring (bicyclic) bond motifs is 1. The van der Waals surface area contributed by atoms with Crippen molar-refractivity contribution in [2.45, 2.75) is 26.2 Å². The van der Waals surface area contributed by atoms with Gasteiger partial charge >= 0.3 is 0 Å². The molecule has 7 nitrogen and oxygen atoms in total. The highest BCUT2D eigenvalue weighted by Gasteiger charge is 2.24. The van der Waals surface area contributed by atoms with E-state index >= 15 is 0 Å². The van der Waals surface area contributed by atoms with Crippen molar-refractivity contribution in [3.8, 4) is 11.4 Å². The Labute approximate surface area is 150 Å². The van der Waals surface area contributed by atoms with E-state index in [1.54, 1.807) is 6.20 Å². The molecule has 1 atom stereocenters. The molecule has 0 saturated heterocycles. The topological polar surface area (TPSA) is 86.1 Å². The molecule has 0 bridgehead atoms. The van der Waals surface area contributed by atoms with E-state index in [0.717, 1.165) is 34.5 Å². The quantitative estimate of drug-likeness (QED) is 0.723. The maximum atomic E-state index is 5.70. The van der Waals surface area contributed by atoms with E-state index in [4.69, 9.17) is 14.0 Å². The molecule has 1 aliphatic rings. The summed E-state index contributed by atoms with van der Waals surface area (Å²) in [6.45, 7) is 5.07. The molecule has 3 aromatic rings. The molecule has 4 rings (SSSR count). The number of H-pyrrole nitrogens is 1. The summed E-state index contributed by atoms with van der Waals surface area (Å²) in [6, 6.07) is 3.85. The van der Waals surface area contributed by atoms with E-state index in [1.165, 1.54) is 0 Å². The molecule has 3 heterocycles. The number of hydrogen-bond donors (Lipinski definition) is 1. The Hall–Kier alpha value is -3.09. The summed E-state index contributed by atoms with van der Waals surface area (Å²) >= 11 is 0. The van der Waals surface area contributed by atoms with Crippen LogP contribution in [0.15, 0.2) is 52.7 Å². The zero-order valence-electron chi connectivity index (χ0n) is 14.7. The molecule has 134 valence electrons. The standard InChI is InChI=1S/C19H20N4O3/c1-3-24-15-6-5-12(11-16(15)25-4-2)19-22-18(23-26-19)14-8-10-21-17-13(14)7-9-20-17/h6-12H,3-5H2,1-2H3,(H,20,21). The van der Waals surface area contributed by atoms with Crippen molar-refractivity contribution >= 4 is 11.0 Å². The molecule has 7 heteroatoms. The second kappa shape index (κ2) is 7.03. The fraction of sp³-hybridized carbons (Fsp3) is 0.316. The predicted molar refractivity (Wildman–Crippen MR) is 96.2 cm³/mol. The van der Waals surface area contributed by atoms with Crippen LogP contribution in [0.3, 0.4) is 0 Å². The van der Waals surface area contributed by atoms with Crippen LogP contribution >= 0.6 is 0 Å². The van der Waals surface area contributed by atoms with Gasteiger partial charge in [-0.25, -0.2) is 4.98 Å². The first-order valence-electron chi connectivity index (χ1n) is 8.74. The molecule has 0 radical (unpaired) electrons. The van der Waals surface area contributed by atoms with E-state index in [1.807, 2.05) is 44.3 Å². The van der Waals surface area contributed by atoms with Crippen LogP contribution in [0.5, 0.6) is 0 Å². The largest absolute Gasteiger partial charge is 0.490 e. The minimum atomic E-state index is -0.0365. The summed E-state index contributed by atoms with van der Waals surface area (Å²) in [6.07, 6.45) is 8.31. The summed E-state index contributed by atoms with van der Waals surface area (Å²) < 4.78 is 16.9. The van der Waals surface area contributed by atoms with Crippen molar-refractivity contribution in [1.29, 1.82) is 0 Å². The first-order chi connectivity index (χ1) is 12.8. The molecule has 0 amide bonds. The maximum Gasteiger partial charge on any atom is 0.234 e. The van der Waals surface area contributed by atoms with Gasteiger partial charge in [-0.2, -0.15) is 4.98 Å². The number of rotatable bonds is 6. The monoisotopic (exact) mass is 352 g/mol. The van der Waals surface area contributed by atoms with Gasteiger partial charge in [-0.1, -0.05) is 5.16 Å². The summed E-state index contributed by atoms with van der Waals surface area (Å²) in [5.74, 6) is 2.57. The van der Waals surface area contributed by atoms with Gasteiger partial charge in [0.15, 0.2) is 11.5 Å². The summed E-state index contributed by atoms with van der Waals surface area (Å²) in [5, 5.41) is 5.13. The van der Waals surface area contributed by atoms with E-state index in [2.05, 4.69) is 20.1 Å². The third-order valence-electron chi connectivity index (χ3n) is 4.21.